The second-order valence-electron chi connectivity index (χ2n) is 20.6. The average molecular weight is 924 g/mol. The first-order valence-electron chi connectivity index (χ1n) is 28.2. The lowest BCUT2D eigenvalue weighted by atomic mass is 10.0. The number of likely N-dealkylation sites (N-methyl/N-ethyl adjacent to an activating group) is 1. The molecule has 0 bridgehead atoms. The minimum atomic E-state index is -1.61. The van der Waals surface area contributed by atoms with Crippen LogP contribution in [0, 0.1) is 0 Å². The number of carbonyl (C=O) groups excluding carboxylic acids is 3. The molecule has 65 heavy (non-hydrogen) atoms. The van der Waals surface area contributed by atoms with E-state index in [2.05, 4.69) is 13.8 Å². The summed E-state index contributed by atoms with van der Waals surface area (Å²) in [6.07, 6.45) is 50.1. The molecule has 9 nitrogen and oxygen atoms in total. The van der Waals surface area contributed by atoms with Crippen LogP contribution in [0.1, 0.15) is 284 Å². The van der Waals surface area contributed by atoms with Gasteiger partial charge in [-0.25, -0.2) is 0 Å². The highest BCUT2D eigenvalue weighted by molar-refractivity contribution is 5.70. The number of rotatable bonds is 53. The van der Waals surface area contributed by atoms with Crippen LogP contribution in [0.3, 0.4) is 0 Å². The predicted molar refractivity (Wildman–Crippen MR) is 270 cm³/mol. The fraction of sp³-hybridized carbons (Fsp3) is 0.946. The van der Waals surface area contributed by atoms with Crippen molar-refractivity contribution in [2.75, 3.05) is 47.5 Å². The molecule has 2 unspecified atom stereocenters. The summed E-state index contributed by atoms with van der Waals surface area (Å²) < 4.78 is 22.7. The molecule has 0 rings (SSSR count). The van der Waals surface area contributed by atoms with Crippen molar-refractivity contribution < 1.29 is 42.9 Å². The first-order chi connectivity index (χ1) is 31.6. The molecule has 0 aromatic heterocycles. The van der Waals surface area contributed by atoms with Crippen molar-refractivity contribution in [3.05, 3.63) is 0 Å². The van der Waals surface area contributed by atoms with Crippen molar-refractivity contribution in [1.82, 2.24) is 0 Å². The summed E-state index contributed by atoms with van der Waals surface area (Å²) in [5.74, 6) is -2.26. The Morgan fingerprint density at radius 1 is 0.400 bits per heavy atom. The Morgan fingerprint density at radius 2 is 0.692 bits per heavy atom. The highest BCUT2D eigenvalue weighted by Crippen LogP contribution is 2.18. The number of nitrogens with zero attached hydrogens (tertiary/aromatic N) is 1. The van der Waals surface area contributed by atoms with Crippen molar-refractivity contribution in [1.29, 1.82) is 0 Å². The fourth-order valence-electron chi connectivity index (χ4n) is 8.48. The number of carboxylic acid groups (broad SMARTS) is 1. The summed E-state index contributed by atoms with van der Waals surface area (Å²) in [4.78, 5) is 37.2. The number of carboxylic acids is 1. The Hall–Kier alpha value is -1.71. The Kier molecular flexibility index (Phi) is 47.5. The molecule has 2 atom stereocenters. The van der Waals surface area contributed by atoms with E-state index in [9.17, 15) is 19.5 Å². The quantitative estimate of drug-likeness (QED) is 0.0257. The first-order valence-corrected chi connectivity index (χ1v) is 28.2. The Labute approximate surface area is 403 Å². The smallest absolute Gasteiger partial charge is 0.306 e. The van der Waals surface area contributed by atoms with Crippen LogP contribution in [-0.4, -0.2) is 82.3 Å². The zero-order chi connectivity index (χ0) is 47.7. The lowest BCUT2D eigenvalue weighted by Crippen LogP contribution is -2.44. The number of aliphatic carboxylic acids is 1. The Balaban J connectivity index is 4.12. The summed E-state index contributed by atoms with van der Waals surface area (Å²) >= 11 is 0. The largest absolute Gasteiger partial charge is 0.545 e. The molecule has 386 valence electrons. The van der Waals surface area contributed by atoms with Crippen LogP contribution >= 0.6 is 0 Å². The summed E-state index contributed by atoms with van der Waals surface area (Å²) in [5, 5.41) is 11.7. The summed E-state index contributed by atoms with van der Waals surface area (Å²) in [7, 11) is 5.93. The van der Waals surface area contributed by atoms with Crippen LogP contribution in [-0.2, 0) is 33.3 Å². The molecule has 0 spiro atoms. The van der Waals surface area contributed by atoms with Gasteiger partial charge >= 0.3 is 11.9 Å². The number of hydrogen-bond donors (Lipinski definition) is 0. The highest BCUT2D eigenvalue weighted by Gasteiger charge is 2.22. The highest BCUT2D eigenvalue weighted by atomic mass is 16.7. The molecule has 0 aliphatic rings. The van der Waals surface area contributed by atoms with Crippen molar-refractivity contribution in [2.45, 2.75) is 296 Å². The lowest BCUT2D eigenvalue weighted by Gasteiger charge is -2.26. The number of unbranched alkanes of at least 4 members (excludes halogenated alkanes) is 38. The van der Waals surface area contributed by atoms with Crippen molar-refractivity contribution in [2.24, 2.45) is 0 Å². The van der Waals surface area contributed by atoms with E-state index in [1.807, 2.05) is 21.1 Å². The first kappa shape index (κ1) is 63.3. The second kappa shape index (κ2) is 48.7. The molecule has 0 aromatic rings. The van der Waals surface area contributed by atoms with Crippen molar-refractivity contribution >= 4 is 17.9 Å². The Morgan fingerprint density at radius 3 is 0.985 bits per heavy atom. The third kappa shape index (κ3) is 50.0. The third-order valence-electron chi connectivity index (χ3n) is 12.9. The molecule has 9 heteroatoms. The van der Waals surface area contributed by atoms with Gasteiger partial charge in [-0.05, 0) is 12.8 Å². The van der Waals surface area contributed by atoms with Crippen LogP contribution in [0.25, 0.3) is 0 Å². The molecule has 0 fully saturated rings. The molecule has 0 radical (unpaired) electrons. The van der Waals surface area contributed by atoms with Crippen molar-refractivity contribution in [3.63, 3.8) is 0 Å². The number of hydrogen-bond acceptors (Lipinski definition) is 8. The van der Waals surface area contributed by atoms with E-state index in [0.29, 0.717) is 17.4 Å². The fourth-order valence-corrected chi connectivity index (χ4v) is 8.48. The monoisotopic (exact) mass is 924 g/mol. The number of quaternary nitrogens is 1. The number of esters is 2. The van der Waals surface area contributed by atoms with Gasteiger partial charge < -0.3 is 33.3 Å². The SMILES string of the molecule is CCCCCCCCCCCCCCCCCCCCCCCCCCCCCC(=O)OC(COC(=O)CCCCCCCCCCCCCCC)COC(OCC[N+](C)(C)C)C(=O)[O-]. The normalized spacial score (nSPS) is 12.7. The molecule has 0 saturated heterocycles. The van der Waals surface area contributed by atoms with Gasteiger partial charge in [0.05, 0.1) is 40.3 Å². The third-order valence-corrected chi connectivity index (χ3v) is 12.9. The molecule has 0 aromatic carbocycles. The van der Waals surface area contributed by atoms with E-state index in [1.165, 1.54) is 218 Å². The molecule has 0 N–H and O–H groups in total. The van der Waals surface area contributed by atoms with Gasteiger partial charge in [0.15, 0.2) is 12.4 Å². The molecular weight excluding hydrogens is 815 g/mol. The van der Waals surface area contributed by atoms with E-state index < -0.39 is 24.3 Å². The maximum Gasteiger partial charge on any atom is 0.306 e. The molecule has 0 heterocycles. The van der Waals surface area contributed by atoms with Crippen LogP contribution < -0.4 is 5.11 Å². The molecular formula is C56H109NO8. The van der Waals surface area contributed by atoms with Crippen LogP contribution in [0.5, 0.6) is 0 Å². The lowest BCUT2D eigenvalue weighted by molar-refractivity contribution is -0.870. The summed E-state index contributed by atoms with van der Waals surface area (Å²) in [5.41, 5.74) is 0. The van der Waals surface area contributed by atoms with Gasteiger partial charge in [0.1, 0.15) is 13.2 Å². The zero-order valence-electron chi connectivity index (χ0n) is 43.9. The van der Waals surface area contributed by atoms with E-state index in [0.717, 1.165) is 38.5 Å². The standard InChI is InChI=1S/C56H109NO8/c1-6-8-10-12-14-16-18-20-21-22-23-24-25-26-27-28-29-30-31-32-33-35-37-39-41-43-45-47-54(59)65-52(51-64-56(55(60)61)62-49-48-57(3,4)5)50-63-53(58)46-44-42-40-38-36-34-19-17-15-13-11-9-7-2/h52,56H,6-51H2,1-5H3. The molecule has 0 aliphatic carbocycles. The minimum absolute atomic E-state index is 0.153. The maximum atomic E-state index is 12.8. The van der Waals surface area contributed by atoms with E-state index in [1.54, 1.807) is 0 Å². The molecule has 0 amide bonds. The van der Waals surface area contributed by atoms with E-state index >= 15 is 0 Å². The van der Waals surface area contributed by atoms with E-state index in [4.69, 9.17) is 18.9 Å². The minimum Gasteiger partial charge on any atom is -0.545 e. The van der Waals surface area contributed by atoms with Crippen LogP contribution in [0.15, 0.2) is 0 Å². The zero-order valence-corrected chi connectivity index (χ0v) is 43.9. The van der Waals surface area contributed by atoms with Gasteiger partial charge in [-0.1, -0.05) is 258 Å². The number of carbonyl (C=O) groups is 3. The topological polar surface area (TPSA) is 111 Å². The van der Waals surface area contributed by atoms with Crippen LogP contribution in [0.2, 0.25) is 0 Å². The summed E-state index contributed by atoms with van der Waals surface area (Å²) in [6.45, 7) is 4.80. The van der Waals surface area contributed by atoms with Gasteiger partial charge in [-0.3, -0.25) is 9.59 Å². The van der Waals surface area contributed by atoms with Gasteiger partial charge in [0.25, 0.3) is 0 Å². The van der Waals surface area contributed by atoms with Crippen molar-refractivity contribution in [3.8, 4) is 0 Å². The summed E-state index contributed by atoms with van der Waals surface area (Å²) in [6, 6.07) is 0. The van der Waals surface area contributed by atoms with Gasteiger partial charge in [-0.15, -0.1) is 0 Å². The average Bonchev–Trinajstić information content (AvgIpc) is 3.27. The predicted octanol–water partition coefficient (Wildman–Crippen LogP) is 14.7. The second-order valence-corrected chi connectivity index (χ2v) is 20.6. The number of ether oxygens (including phenoxy) is 4. The Bertz CT molecular complexity index is 1030. The molecule has 0 saturated carbocycles. The van der Waals surface area contributed by atoms with Gasteiger partial charge in [0, 0.05) is 12.8 Å². The van der Waals surface area contributed by atoms with Crippen LogP contribution in [0.4, 0.5) is 0 Å². The van der Waals surface area contributed by atoms with Gasteiger partial charge in [0.2, 0.25) is 0 Å². The maximum absolute atomic E-state index is 12.8. The van der Waals surface area contributed by atoms with E-state index in [-0.39, 0.29) is 32.2 Å². The molecule has 0 aliphatic heterocycles. The van der Waals surface area contributed by atoms with Gasteiger partial charge in [-0.2, -0.15) is 0 Å².